The molecule has 1 aromatic rings. The van der Waals surface area contributed by atoms with E-state index in [0.29, 0.717) is 0 Å². The van der Waals surface area contributed by atoms with Crippen molar-refractivity contribution in [2.75, 3.05) is 11.5 Å². The number of amides is 1. The quantitative estimate of drug-likeness (QED) is 0.928. The predicted octanol–water partition coefficient (Wildman–Crippen LogP) is 2.90. The van der Waals surface area contributed by atoms with Crippen LogP contribution in [-0.2, 0) is 15.7 Å². The summed E-state index contributed by atoms with van der Waals surface area (Å²) in [6.07, 6.45) is -5.13. The Hall–Kier alpha value is -2.25. The number of halogens is 3. The molecule has 1 unspecified atom stereocenters. The van der Waals surface area contributed by atoms with Crippen LogP contribution < -0.4 is 4.90 Å². The van der Waals surface area contributed by atoms with Crippen LogP contribution in [0.4, 0.5) is 23.7 Å². The summed E-state index contributed by atoms with van der Waals surface area (Å²) in [4.78, 5) is 23.4. The van der Waals surface area contributed by atoms with Crippen LogP contribution in [-0.4, -0.2) is 29.8 Å². The van der Waals surface area contributed by atoms with Gasteiger partial charge in [0.15, 0.2) is 0 Å². The van der Waals surface area contributed by atoms with Gasteiger partial charge in [0.05, 0.1) is 11.6 Å². The number of nitrogens with zero attached hydrogens (tertiary/aromatic N) is 1. The maximum Gasteiger partial charge on any atom is 0.416 e. The molecule has 0 saturated carbocycles. The first-order chi connectivity index (χ1) is 9.79. The van der Waals surface area contributed by atoms with E-state index < -0.39 is 29.8 Å². The minimum Gasteiger partial charge on any atom is -0.481 e. The summed E-state index contributed by atoms with van der Waals surface area (Å²) in [6, 6.07) is 3.59. The van der Waals surface area contributed by atoms with Crippen molar-refractivity contribution in [3.63, 3.8) is 0 Å². The van der Waals surface area contributed by atoms with E-state index in [1.54, 1.807) is 0 Å². The first kappa shape index (κ1) is 15.1. The fourth-order valence-electron chi connectivity index (χ4n) is 2.09. The van der Waals surface area contributed by atoms with Crippen LogP contribution in [0.25, 0.3) is 0 Å². The van der Waals surface area contributed by atoms with E-state index in [4.69, 9.17) is 9.84 Å². The number of alkyl halides is 3. The highest BCUT2D eigenvalue weighted by molar-refractivity contribution is 5.90. The molecule has 1 atom stereocenters. The third-order valence-electron chi connectivity index (χ3n) is 3.13. The van der Waals surface area contributed by atoms with E-state index in [1.807, 2.05) is 0 Å². The van der Waals surface area contributed by atoms with E-state index in [-0.39, 0.29) is 25.1 Å². The molecular weight excluding hydrogens is 291 g/mol. The lowest BCUT2D eigenvalue weighted by atomic mass is 10.1. The SMILES string of the molecule is O=C(O)CCC1COC(=O)N1c1ccc(C(F)(F)F)cc1. The van der Waals surface area contributed by atoms with Gasteiger partial charge in [-0.05, 0) is 30.7 Å². The average Bonchev–Trinajstić information content (AvgIpc) is 2.76. The Morgan fingerprint density at radius 3 is 2.48 bits per heavy atom. The Bertz CT molecular complexity index is 541. The maximum absolute atomic E-state index is 12.5. The van der Waals surface area contributed by atoms with Crippen LogP contribution in [0, 0.1) is 0 Å². The fourth-order valence-corrected chi connectivity index (χ4v) is 2.09. The number of carbonyl (C=O) groups excluding carboxylic acids is 1. The molecule has 5 nitrogen and oxygen atoms in total. The number of carboxylic acid groups (broad SMARTS) is 1. The highest BCUT2D eigenvalue weighted by atomic mass is 19.4. The van der Waals surface area contributed by atoms with Crippen LogP contribution in [0.1, 0.15) is 18.4 Å². The van der Waals surface area contributed by atoms with Gasteiger partial charge < -0.3 is 9.84 Å². The number of carboxylic acids is 1. The van der Waals surface area contributed by atoms with Gasteiger partial charge in [-0.2, -0.15) is 13.2 Å². The predicted molar refractivity (Wildman–Crippen MR) is 65.9 cm³/mol. The van der Waals surface area contributed by atoms with Crippen molar-refractivity contribution in [2.24, 2.45) is 0 Å². The Morgan fingerprint density at radius 2 is 1.95 bits per heavy atom. The summed E-state index contributed by atoms with van der Waals surface area (Å²) in [5.74, 6) is -1.01. The third kappa shape index (κ3) is 3.45. The van der Waals surface area contributed by atoms with Gasteiger partial charge in [-0.15, -0.1) is 0 Å². The lowest BCUT2D eigenvalue weighted by molar-refractivity contribution is -0.138. The van der Waals surface area contributed by atoms with Crippen LogP contribution in [0.15, 0.2) is 24.3 Å². The smallest absolute Gasteiger partial charge is 0.416 e. The molecule has 2 rings (SSSR count). The molecule has 0 radical (unpaired) electrons. The molecule has 114 valence electrons. The number of carbonyl (C=O) groups is 2. The van der Waals surface area contributed by atoms with E-state index in [0.717, 1.165) is 12.1 Å². The Kier molecular flexibility index (Phi) is 4.06. The maximum atomic E-state index is 12.5. The van der Waals surface area contributed by atoms with Gasteiger partial charge in [-0.25, -0.2) is 4.79 Å². The molecule has 1 aliphatic heterocycles. The van der Waals surface area contributed by atoms with Crippen molar-refractivity contribution in [2.45, 2.75) is 25.1 Å². The summed E-state index contributed by atoms with van der Waals surface area (Å²) in [6.45, 7) is 0.0210. The van der Waals surface area contributed by atoms with Crippen molar-refractivity contribution in [3.8, 4) is 0 Å². The van der Waals surface area contributed by atoms with Crippen molar-refractivity contribution >= 4 is 17.7 Å². The summed E-state index contributed by atoms with van der Waals surface area (Å²) in [5.41, 5.74) is -0.568. The van der Waals surface area contributed by atoms with Gasteiger partial charge >= 0.3 is 18.2 Å². The molecule has 1 aromatic carbocycles. The highest BCUT2D eigenvalue weighted by Gasteiger charge is 2.35. The topological polar surface area (TPSA) is 66.8 Å². The van der Waals surface area contributed by atoms with Crippen LogP contribution in [0.2, 0.25) is 0 Å². The van der Waals surface area contributed by atoms with E-state index in [9.17, 15) is 22.8 Å². The van der Waals surface area contributed by atoms with Gasteiger partial charge in [-0.1, -0.05) is 0 Å². The first-order valence-corrected chi connectivity index (χ1v) is 6.14. The lowest BCUT2D eigenvalue weighted by Crippen LogP contribution is -2.33. The summed E-state index contributed by atoms with van der Waals surface area (Å²) >= 11 is 0. The molecular formula is C13H12F3NO4. The van der Waals surface area contributed by atoms with Gasteiger partial charge in [0, 0.05) is 12.1 Å². The number of cyclic esters (lactones) is 1. The number of hydrogen-bond donors (Lipinski definition) is 1. The molecule has 0 aromatic heterocycles. The minimum absolute atomic E-state index is 0.0210. The third-order valence-corrected chi connectivity index (χ3v) is 3.13. The molecule has 1 N–H and O–H groups in total. The lowest BCUT2D eigenvalue weighted by Gasteiger charge is -2.21. The normalized spacial score (nSPS) is 18.7. The molecule has 1 saturated heterocycles. The van der Waals surface area contributed by atoms with Crippen LogP contribution in [0.5, 0.6) is 0 Å². The minimum atomic E-state index is -4.45. The summed E-state index contributed by atoms with van der Waals surface area (Å²) < 4.78 is 42.3. The van der Waals surface area contributed by atoms with E-state index in [2.05, 4.69) is 0 Å². The largest absolute Gasteiger partial charge is 0.481 e. The molecule has 8 heteroatoms. The zero-order chi connectivity index (χ0) is 15.6. The Morgan fingerprint density at radius 1 is 1.33 bits per heavy atom. The number of ether oxygens (including phenoxy) is 1. The molecule has 21 heavy (non-hydrogen) atoms. The van der Waals surface area contributed by atoms with Gasteiger partial charge in [0.1, 0.15) is 6.61 Å². The Balaban J connectivity index is 2.17. The van der Waals surface area contributed by atoms with Crippen molar-refractivity contribution in [3.05, 3.63) is 29.8 Å². The molecule has 1 amide bonds. The molecule has 0 spiro atoms. The second-order valence-corrected chi connectivity index (χ2v) is 4.58. The highest BCUT2D eigenvalue weighted by Crippen LogP contribution is 2.32. The van der Waals surface area contributed by atoms with Crippen LogP contribution >= 0.6 is 0 Å². The standard InChI is InChI=1S/C13H12F3NO4/c14-13(15,16)8-1-3-9(4-2-8)17-10(5-6-11(18)19)7-21-12(17)20/h1-4,10H,5-7H2,(H,18,19). The number of benzene rings is 1. The van der Waals surface area contributed by atoms with Gasteiger partial charge in [0.25, 0.3) is 0 Å². The Labute approximate surface area is 117 Å². The molecule has 1 aliphatic rings. The molecule has 0 bridgehead atoms. The number of anilines is 1. The van der Waals surface area contributed by atoms with Gasteiger partial charge in [0.2, 0.25) is 0 Å². The first-order valence-electron chi connectivity index (χ1n) is 6.14. The van der Waals surface area contributed by atoms with Crippen LogP contribution in [0.3, 0.4) is 0 Å². The van der Waals surface area contributed by atoms with Crippen molar-refractivity contribution < 1.29 is 32.6 Å². The zero-order valence-electron chi connectivity index (χ0n) is 10.8. The second-order valence-electron chi connectivity index (χ2n) is 4.58. The number of rotatable bonds is 4. The molecule has 1 heterocycles. The van der Waals surface area contributed by atoms with Crippen molar-refractivity contribution in [1.82, 2.24) is 0 Å². The number of aliphatic carboxylic acids is 1. The monoisotopic (exact) mass is 303 g/mol. The fraction of sp³-hybridized carbons (Fsp3) is 0.385. The van der Waals surface area contributed by atoms with E-state index in [1.165, 1.54) is 17.0 Å². The average molecular weight is 303 g/mol. The zero-order valence-corrected chi connectivity index (χ0v) is 10.8. The second kappa shape index (κ2) is 5.63. The summed E-state index contributed by atoms with van der Waals surface area (Å²) in [7, 11) is 0. The summed E-state index contributed by atoms with van der Waals surface area (Å²) in [5, 5.41) is 8.65. The number of hydrogen-bond acceptors (Lipinski definition) is 3. The molecule has 1 fully saturated rings. The van der Waals surface area contributed by atoms with E-state index >= 15 is 0 Å². The molecule has 0 aliphatic carbocycles. The van der Waals surface area contributed by atoms with Crippen molar-refractivity contribution in [1.29, 1.82) is 0 Å². The van der Waals surface area contributed by atoms with Gasteiger partial charge in [-0.3, -0.25) is 9.69 Å².